The molecule has 0 aromatic heterocycles. The highest BCUT2D eigenvalue weighted by atomic mass is 79.9. The summed E-state index contributed by atoms with van der Waals surface area (Å²) in [6.45, 7) is 0. The summed E-state index contributed by atoms with van der Waals surface area (Å²) in [7, 11) is 0. The molecule has 0 saturated carbocycles. The Morgan fingerprint density at radius 1 is 1.19 bits per heavy atom. The van der Waals surface area contributed by atoms with Crippen LogP contribution in [0.25, 0.3) is 0 Å². The summed E-state index contributed by atoms with van der Waals surface area (Å²) in [4.78, 5) is 10.7. The van der Waals surface area contributed by atoms with Crippen molar-refractivity contribution in [1.29, 1.82) is 0 Å². The summed E-state index contributed by atoms with van der Waals surface area (Å²) >= 11 is 6.56. The summed E-state index contributed by atoms with van der Waals surface area (Å²) in [5, 5.41) is 22.7. The lowest BCUT2D eigenvalue weighted by atomic mass is 10.2. The van der Waals surface area contributed by atoms with Crippen molar-refractivity contribution in [2.75, 3.05) is 5.43 Å². The van der Waals surface area contributed by atoms with Gasteiger partial charge in [-0.3, -0.25) is 5.43 Å². The van der Waals surface area contributed by atoms with Gasteiger partial charge in [0.05, 0.1) is 21.9 Å². The quantitative estimate of drug-likeness (QED) is 0.521. The van der Waals surface area contributed by atoms with Gasteiger partial charge in [0.2, 0.25) is 0 Å². The molecule has 3 N–H and O–H groups in total. The van der Waals surface area contributed by atoms with E-state index in [2.05, 4.69) is 42.4 Å². The number of hydrogen-bond donors (Lipinski definition) is 3. The molecule has 0 saturated heterocycles. The molecule has 0 aliphatic heterocycles. The van der Waals surface area contributed by atoms with Crippen LogP contribution in [-0.4, -0.2) is 22.4 Å². The van der Waals surface area contributed by atoms with Crippen molar-refractivity contribution in [2.45, 2.75) is 0 Å². The molecule has 5 nitrogen and oxygen atoms in total. The SMILES string of the molecule is O=C(O)c1ccc(NN=Cc2cc(Br)cc(Br)c2O)cc1. The van der Waals surface area contributed by atoms with Crippen LogP contribution in [0.2, 0.25) is 0 Å². The third-order valence-electron chi connectivity index (χ3n) is 2.59. The van der Waals surface area contributed by atoms with Gasteiger partial charge in [0.15, 0.2) is 0 Å². The van der Waals surface area contributed by atoms with Crippen molar-refractivity contribution in [3.63, 3.8) is 0 Å². The molecule has 0 radical (unpaired) electrons. The van der Waals surface area contributed by atoms with Crippen molar-refractivity contribution in [1.82, 2.24) is 0 Å². The second-order valence-corrected chi connectivity index (χ2v) is 5.85. The lowest BCUT2D eigenvalue weighted by Gasteiger charge is -2.04. The minimum absolute atomic E-state index is 0.0879. The van der Waals surface area contributed by atoms with E-state index < -0.39 is 5.97 Å². The number of phenols is 1. The summed E-state index contributed by atoms with van der Waals surface area (Å²) in [5.41, 5.74) is 4.14. The van der Waals surface area contributed by atoms with E-state index in [1.807, 2.05) is 0 Å². The number of halogens is 2. The summed E-state index contributed by atoms with van der Waals surface area (Å²) < 4.78 is 1.36. The number of aromatic carboxylic acids is 1. The van der Waals surface area contributed by atoms with Gasteiger partial charge in [0.1, 0.15) is 5.75 Å². The number of hydrogen-bond acceptors (Lipinski definition) is 4. The van der Waals surface area contributed by atoms with Gasteiger partial charge in [-0.2, -0.15) is 5.10 Å². The first-order valence-electron chi connectivity index (χ1n) is 5.78. The molecule has 2 rings (SSSR count). The largest absolute Gasteiger partial charge is 0.506 e. The minimum Gasteiger partial charge on any atom is -0.506 e. The van der Waals surface area contributed by atoms with Crippen LogP contribution in [0.15, 0.2) is 50.4 Å². The monoisotopic (exact) mass is 412 g/mol. The van der Waals surface area contributed by atoms with Crippen LogP contribution in [-0.2, 0) is 0 Å². The highest BCUT2D eigenvalue weighted by molar-refractivity contribution is 9.11. The van der Waals surface area contributed by atoms with Crippen LogP contribution >= 0.6 is 31.9 Å². The highest BCUT2D eigenvalue weighted by Gasteiger charge is 2.05. The first-order chi connectivity index (χ1) is 9.97. The Balaban J connectivity index is 2.10. The zero-order chi connectivity index (χ0) is 15.4. The Labute approximate surface area is 137 Å². The van der Waals surface area contributed by atoms with E-state index in [9.17, 15) is 9.90 Å². The second kappa shape index (κ2) is 6.73. The van der Waals surface area contributed by atoms with Gasteiger partial charge < -0.3 is 10.2 Å². The topological polar surface area (TPSA) is 81.9 Å². The van der Waals surface area contributed by atoms with Crippen molar-refractivity contribution in [2.24, 2.45) is 5.10 Å². The van der Waals surface area contributed by atoms with Crippen molar-refractivity contribution < 1.29 is 15.0 Å². The average Bonchev–Trinajstić information content (AvgIpc) is 2.44. The highest BCUT2D eigenvalue weighted by Crippen LogP contribution is 2.30. The fraction of sp³-hybridized carbons (Fsp3) is 0. The van der Waals surface area contributed by atoms with Crippen LogP contribution in [0.4, 0.5) is 5.69 Å². The molecule has 0 spiro atoms. The first-order valence-corrected chi connectivity index (χ1v) is 7.36. The average molecular weight is 414 g/mol. The molecule has 0 unspecified atom stereocenters. The van der Waals surface area contributed by atoms with E-state index in [1.165, 1.54) is 18.3 Å². The Morgan fingerprint density at radius 3 is 2.48 bits per heavy atom. The Bertz CT molecular complexity index is 700. The summed E-state index contributed by atoms with van der Waals surface area (Å²) in [6, 6.07) is 9.62. The molecule has 0 amide bonds. The molecule has 108 valence electrons. The summed E-state index contributed by atoms with van der Waals surface area (Å²) in [5.74, 6) is -0.890. The number of benzene rings is 2. The van der Waals surface area contributed by atoms with Crippen LogP contribution in [0.5, 0.6) is 5.75 Å². The van der Waals surface area contributed by atoms with Crippen molar-refractivity contribution in [3.8, 4) is 5.75 Å². The van der Waals surface area contributed by atoms with Gasteiger partial charge in [0, 0.05) is 10.0 Å². The third-order valence-corrected chi connectivity index (χ3v) is 3.65. The number of nitrogens with one attached hydrogen (secondary N) is 1. The Kier molecular flexibility index (Phi) is 4.98. The number of hydrazone groups is 1. The molecule has 2 aromatic carbocycles. The number of aromatic hydroxyl groups is 1. The van der Waals surface area contributed by atoms with Crippen LogP contribution < -0.4 is 5.43 Å². The maximum Gasteiger partial charge on any atom is 0.335 e. The van der Waals surface area contributed by atoms with Gasteiger partial charge in [-0.15, -0.1) is 0 Å². The van der Waals surface area contributed by atoms with E-state index >= 15 is 0 Å². The molecule has 2 aromatic rings. The molecule has 0 aliphatic carbocycles. The maximum absolute atomic E-state index is 10.7. The number of anilines is 1. The van der Waals surface area contributed by atoms with E-state index in [0.717, 1.165) is 4.47 Å². The molecule has 0 atom stereocenters. The normalized spacial score (nSPS) is 10.8. The van der Waals surface area contributed by atoms with Gasteiger partial charge in [-0.25, -0.2) is 4.79 Å². The number of phenolic OH excluding ortho intramolecular Hbond substituents is 1. The van der Waals surface area contributed by atoms with Crippen LogP contribution in [0.3, 0.4) is 0 Å². The summed E-state index contributed by atoms with van der Waals surface area (Å²) in [6.07, 6.45) is 1.47. The van der Waals surface area contributed by atoms with E-state index in [0.29, 0.717) is 15.7 Å². The fourth-order valence-corrected chi connectivity index (χ4v) is 2.81. The third kappa shape index (κ3) is 4.05. The van der Waals surface area contributed by atoms with Crippen molar-refractivity contribution >= 4 is 49.7 Å². The Hall–Kier alpha value is -1.86. The number of carboxylic acids is 1. The molecule has 0 fully saturated rings. The maximum atomic E-state index is 10.7. The van der Waals surface area contributed by atoms with Crippen LogP contribution in [0, 0.1) is 0 Å². The molecule has 0 bridgehead atoms. The standard InChI is InChI=1S/C14H10Br2N2O3/c15-10-5-9(13(19)12(16)6-10)7-17-18-11-3-1-8(2-4-11)14(20)21/h1-7,18-19H,(H,20,21). The zero-order valence-electron chi connectivity index (χ0n) is 10.5. The van der Waals surface area contributed by atoms with Crippen LogP contribution in [0.1, 0.15) is 15.9 Å². The lowest BCUT2D eigenvalue weighted by molar-refractivity contribution is 0.0697. The molecule has 0 aliphatic rings. The number of nitrogens with zero attached hydrogens (tertiary/aromatic N) is 1. The predicted octanol–water partition coefficient (Wildman–Crippen LogP) is 4.06. The van der Waals surface area contributed by atoms with Gasteiger partial charge in [0.25, 0.3) is 0 Å². The van der Waals surface area contributed by atoms with E-state index in [1.54, 1.807) is 24.3 Å². The zero-order valence-corrected chi connectivity index (χ0v) is 13.7. The number of carbonyl (C=O) groups is 1. The van der Waals surface area contributed by atoms with E-state index in [4.69, 9.17) is 5.11 Å². The molecule has 0 heterocycles. The smallest absolute Gasteiger partial charge is 0.335 e. The van der Waals surface area contributed by atoms with E-state index in [-0.39, 0.29) is 11.3 Å². The lowest BCUT2D eigenvalue weighted by Crippen LogP contribution is -1.96. The van der Waals surface area contributed by atoms with Crippen molar-refractivity contribution in [3.05, 3.63) is 56.5 Å². The number of carboxylic acid groups (broad SMARTS) is 1. The fourth-order valence-electron chi connectivity index (χ4n) is 1.55. The van der Waals surface area contributed by atoms with Gasteiger partial charge in [-0.05, 0) is 52.3 Å². The minimum atomic E-state index is -0.978. The van der Waals surface area contributed by atoms with Gasteiger partial charge >= 0.3 is 5.97 Å². The number of rotatable bonds is 4. The molecule has 21 heavy (non-hydrogen) atoms. The Morgan fingerprint density at radius 2 is 1.86 bits per heavy atom. The second-order valence-electron chi connectivity index (χ2n) is 4.08. The molecular formula is C14H10Br2N2O3. The predicted molar refractivity (Wildman–Crippen MR) is 88.1 cm³/mol. The van der Waals surface area contributed by atoms with Gasteiger partial charge in [-0.1, -0.05) is 15.9 Å². The first kappa shape index (κ1) is 15.5. The molecular weight excluding hydrogens is 404 g/mol. The molecule has 7 heteroatoms.